The molecule has 0 saturated heterocycles. The van der Waals surface area contributed by atoms with Crippen molar-refractivity contribution in [3.8, 4) is 0 Å². The Balaban J connectivity index is 2.88. The Labute approximate surface area is 88.5 Å². The molecule has 0 aromatic heterocycles. The highest BCUT2D eigenvalue weighted by Crippen LogP contribution is 2.19. The molecule has 0 aliphatic rings. The van der Waals surface area contributed by atoms with Gasteiger partial charge in [0.15, 0.2) is 0 Å². The molecule has 1 unspecified atom stereocenters. The van der Waals surface area contributed by atoms with E-state index in [-0.39, 0.29) is 0 Å². The highest BCUT2D eigenvalue weighted by Gasteiger charge is 2.04. The Bertz CT molecular complexity index is 319. The second kappa shape index (κ2) is 4.60. The zero-order valence-corrected chi connectivity index (χ0v) is 9.97. The first-order chi connectivity index (χ1) is 6.52. The van der Waals surface area contributed by atoms with Crippen molar-refractivity contribution in [3.05, 3.63) is 29.8 Å². The fourth-order valence-electron chi connectivity index (χ4n) is 1.22. The Morgan fingerprint density at radius 2 is 1.71 bits per heavy atom. The quantitative estimate of drug-likeness (QED) is 0.752. The van der Waals surface area contributed by atoms with Gasteiger partial charge in [-0.2, -0.15) is 0 Å². The molecule has 0 fully saturated rings. The molecular formula is C11H17NOS. The second-order valence-electron chi connectivity index (χ2n) is 3.67. The fourth-order valence-corrected chi connectivity index (χ4v) is 1.64. The van der Waals surface area contributed by atoms with Crippen LogP contribution < -0.4 is 4.31 Å². The maximum absolute atomic E-state index is 11.2. The van der Waals surface area contributed by atoms with Gasteiger partial charge in [-0.05, 0) is 23.6 Å². The maximum Gasteiger partial charge on any atom is 0.116 e. The number of rotatable bonds is 3. The van der Waals surface area contributed by atoms with Crippen LogP contribution in [0.2, 0.25) is 0 Å². The monoisotopic (exact) mass is 211 g/mol. The summed E-state index contributed by atoms with van der Waals surface area (Å²) in [5.74, 6) is 0.543. The van der Waals surface area contributed by atoms with Gasteiger partial charge in [-0.15, -0.1) is 0 Å². The molecule has 0 spiro atoms. The highest BCUT2D eigenvalue weighted by atomic mass is 32.2. The highest BCUT2D eigenvalue weighted by molar-refractivity contribution is 7.85. The lowest BCUT2D eigenvalue weighted by Gasteiger charge is -2.16. The molecule has 1 rings (SSSR count). The largest absolute Gasteiger partial charge is 0.295 e. The van der Waals surface area contributed by atoms with Crippen LogP contribution in [-0.2, 0) is 11.0 Å². The molecule has 14 heavy (non-hydrogen) atoms. The standard InChI is InChI=1S/C11H17NOS/c1-9(2)10-5-7-11(8-6-10)12(3)14(4)13/h5-9H,1-4H3. The van der Waals surface area contributed by atoms with E-state index in [1.54, 1.807) is 10.6 Å². The van der Waals surface area contributed by atoms with Crippen LogP contribution in [0.4, 0.5) is 5.69 Å². The number of nitrogens with zero attached hydrogens (tertiary/aromatic N) is 1. The van der Waals surface area contributed by atoms with Gasteiger partial charge in [0, 0.05) is 19.0 Å². The van der Waals surface area contributed by atoms with E-state index >= 15 is 0 Å². The van der Waals surface area contributed by atoms with Crippen molar-refractivity contribution in [2.75, 3.05) is 17.6 Å². The summed E-state index contributed by atoms with van der Waals surface area (Å²) in [6.07, 6.45) is 1.68. The fraction of sp³-hybridized carbons (Fsp3) is 0.455. The summed E-state index contributed by atoms with van der Waals surface area (Å²) in [5.41, 5.74) is 2.30. The van der Waals surface area contributed by atoms with Crippen LogP contribution >= 0.6 is 0 Å². The molecule has 0 N–H and O–H groups in total. The van der Waals surface area contributed by atoms with Crippen molar-refractivity contribution in [1.29, 1.82) is 0 Å². The third kappa shape index (κ3) is 2.58. The summed E-state index contributed by atoms with van der Waals surface area (Å²) >= 11 is 0. The van der Waals surface area contributed by atoms with E-state index in [0.717, 1.165) is 5.69 Å². The van der Waals surface area contributed by atoms with Crippen LogP contribution in [0.1, 0.15) is 25.3 Å². The summed E-state index contributed by atoms with van der Waals surface area (Å²) in [6.45, 7) is 4.33. The van der Waals surface area contributed by atoms with Crippen LogP contribution in [0.25, 0.3) is 0 Å². The van der Waals surface area contributed by atoms with E-state index in [1.165, 1.54) is 5.56 Å². The summed E-state index contributed by atoms with van der Waals surface area (Å²) in [4.78, 5) is 0. The molecule has 3 heteroatoms. The van der Waals surface area contributed by atoms with Crippen LogP contribution in [0.3, 0.4) is 0 Å². The molecule has 0 amide bonds. The minimum absolute atomic E-state index is 0.543. The van der Waals surface area contributed by atoms with E-state index in [9.17, 15) is 4.21 Å². The van der Waals surface area contributed by atoms with Crippen LogP contribution in [-0.4, -0.2) is 17.5 Å². The molecule has 0 aliphatic carbocycles. The molecule has 1 aromatic rings. The first kappa shape index (κ1) is 11.2. The molecule has 0 heterocycles. The van der Waals surface area contributed by atoms with E-state index in [1.807, 2.05) is 19.2 Å². The predicted molar refractivity (Wildman–Crippen MR) is 63.0 cm³/mol. The SMILES string of the molecule is CC(C)c1ccc(N(C)S(C)=O)cc1. The zero-order valence-electron chi connectivity index (χ0n) is 9.15. The van der Waals surface area contributed by atoms with E-state index < -0.39 is 11.0 Å². The maximum atomic E-state index is 11.2. The third-order valence-corrected chi connectivity index (χ3v) is 3.29. The summed E-state index contributed by atoms with van der Waals surface area (Å²) < 4.78 is 13.0. The minimum Gasteiger partial charge on any atom is -0.295 e. The average Bonchev–Trinajstić information content (AvgIpc) is 2.16. The lowest BCUT2D eigenvalue weighted by atomic mass is 10.0. The van der Waals surface area contributed by atoms with E-state index in [4.69, 9.17) is 0 Å². The van der Waals surface area contributed by atoms with Gasteiger partial charge in [0.05, 0.1) is 0 Å². The molecular weight excluding hydrogens is 194 g/mol. The zero-order chi connectivity index (χ0) is 10.7. The average molecular weight is 211 g/mol. The lowest BCUT2D eigenvalue weighted by Crippen LogP contribution is -2.18. The van der Waals surface area contributed by atoms with Crippen molar-refractivity contribution >= 4 is 16.7 Å². The number of hydrogen-bond acceptors (Lipinski definition) is 1. The van der Waals surface area contributed by atoms with Gasteiger partial charge in [-0.25, -0.2) is 4.21 Å². The first-order valence-electron chi connectivity index (χ1n) is 4.69. The minimum atomic E-state index is -0.945. The molecule has 0 saturated carbocycles. The Hall–Kier alpha value is -0.830. The number of anilines is 1. The van der Waals surface area contributed by atoms with Crippen molar-refractivity contribution < 1.29 is 4.21 Å². The van der Waals surface area contributed by atoms with Crippen molar-refractivity contribution in [1.82, 2.24) is 0 Å². The van der Waals surface area contributed by atoms with Gasteiger partial charge in [-0.3, -0.25) is 4.31 Å². The van der Waals surface area contributed by atoms with Gasteiger partial charge in [-0.1, -0.05) is 26.0 Å². The van der Waals surface area contributed by atoms with Gasteiger partial charge >= 0.3 is 0 Å². The van der Waals surface area contributed by atoms with Gasteiger partial charge < -0.3 is 0 Å². The topological polar surface area (TPSA) is 20.3 Å². The molecule has 2 nitrogen and oxygen atoms in total. The lowest BCUT2D eigenvalue weighted by molar-refractivity contribution is 0.685. The van der Waals surface area contributed by atoms with Crippen molar-refractivity contribution in [2.45, 2.75) is 19.8 Å². The van der Waals surface area contributed by atoms with Gasteiger partial charge in [0.1, 0.15) is 11.0 Å². The Morgan fingerprint density at radius 3 is 2.07 bits per heavy atom. The predicted octanol–water partition coefficient (Wildman–Crippen LogP) is 2.54. The molecule has 78 valence electrons. The van der Waals surface area contributed by atoms with E-state index in [0.29, 0.717) is 5.92 Å². The van der Waals surface area contributed by atoms with Crippen molar-refractivity contribution in [3.63, 3.8) is 0 Å². The normalized spacial score (nSPS) is 12.9. The summed E-state index contributed by atoms with van der Waals surface area (Å²) in [6, 6.07) is 8.19. The van der Waals surface area contributed by atoms with Crippen LogP contribution in [0.5, 0.6) is 0 Å². The first-order valence-corrected chi connectivity index (χ1v) is 6.21. The third-order valence-electron chi connectivity index (χ3n) is 2.31. The van der Waals surface area contributed by atoms with Gasteiger partial charge in [0.25, 0.3) is 0 Å². The number of benzene rings is 1. The van der Waals surface area contributed by atoms with Gasteiger partial charge in [0.2, 0.25) is 0 Å². The summed E-state index contributed by atoms with van der Waals surface area (Å²) in [7, 11) is 0.889. The summed E-state index contributed by atoms with van der Waals surface area (Å²) in [5, 5.41) is 0. The molecule has 0 bridgehead atoms. The van der Waals surface area contributed by atoms with Crippen molar-refractivity contribution in [2.24, 2.45) is 0 Å². The van der Waals surface area contributed by atoms with E-state index in [2.05, 4.69) is 26.0 Å². The van der Waals surface area contributed by atoms with Crippen LogP contribution in [0, 0.1) is 0 Å². The van der Waals surface area contributed by atoms with Crippen LogP contribution in [0.15, 0.2) is 24.3 Å². The smallest absolute Gasteiger partial charge is 0.116 e. The molecule has 1 atom stereocenters. The molecule has 0 radical (unpaired) electrons. The second-order valence-corrected chi connectivity index (χ2v) is 5.06. The Kier molecular flexibility index (Phi) is 3.69. The molecule has 0 aliphatic heterocycles. The molecule has 1 aromatic carbocycles. The number of hydrogen-bond donors (Lipinski definition) is 0. The Morgan fingerprint density at radius 1 is 1.21 bits per heavy atom.